The van der Waals surface area contributed by atoms with E-state index in [2.05, 4.69) is 24.2 Å². The number of anilines is 1. The minimum Gasteiger partial charge on any atom is -0.461 e. The van der Waals surface area contributed by atoms with Crippen molar-refractivity contribution in [1.82, 2.24) is 19.3 Å². The average molecular weight is 335 g/mol. The number of aromatic amines is 1. The SMILES string of the molecule is CCOC(=O)c1nc(C2CCN(c3nc(C)ns3)CC2)[nH]c1C. The van der Waals surface area contributed by atoms with Gasteiger partial charge >= 0.3 is 5.97 Å². The average Bonchev–Trinajstić information content (AvgIpc) is 3.14. The standard InChI is InChI=1S/C15H21N5O2S/c1-4-22-14(21)12-9(2)16-13(18-12)11-5-7-20(8-6-11)15-17-10(3)19-23-15/h11H,4-8H2,1-3H3,(H,16,18). The number of ether oxygens (including phenoxy) is 1. The number of aryl methyl sites for hydroxylation is 2. The van der Waals surface area contributed by atoms with E-state index in [0.29, 0.717) is 18.2 Å². The highest BCUT2D eigenvalue weighted by atomic mass is 32.1. The molecule has 0 amide bonds. The minimum atomic E-state index is -0.353. The van der Waals surface area contributed by atoms with Gasteiger partial charge in [0, 0.05) is 36.2 Å². The molecule has 0 bridgehead atoms. The third-order valence-corrected chi connectivity index (χ3v) is 4.91. The van der Waals surface area contributed by atoms with Gasteiger partial charge in [-0.25, -0.2) is 14.8 Å². The van der Waals surface area contributed by atoms with Gasteiger partial charge in [-0.15, -0.1) is 0 Å². The first kappa shape index (κ1) is 15.9. The molecule has 0 spiro atoms. The molecule has 2 aromatic heterocycles. The molecule has 0 unspecified atom stereocenters. The van der Waals surface area contributed by atoms with Crippen LogP contribution in [0.1, 0.15) is 53.5 Å². The second kappa shape index (κ2) is 6.66. The van der Waals surface area contributed by atoms with Crippen LogP contribution in [0.2, 0.25) is 0 Å². The number of nitrogens with one attached hydrogen (secondary N) is 1. The van der Waals surface area contributed by atoms with Crippen LogP contribution in [0.15, 0.2) is 0 Å². The largest absolute Gasteiger partial charge is 0.461 e. The monoisotopic (exact) mass is 335 g/mol. The van der Waals surface area contributed by atoms with Crippen LogP contribution in [-0.4, -0.2) is 45.0 Å². The van der Waals surface area contributed by atoms with Gasteiger partial charge in [0.2, 0.25) is 5.13 Å². The summed E-state index contributed by atoms with van der Waals surface area (Å²) in [4.78, 5) is 26.3. The van der Waals surface area contributed by atoms with Crippen LogP contribution in [0.25, 0.3) is 0 Å². The summed E-state index contributed by atoms with van der Waals surface area (Å²) < 4.78 is 9.28. The number of carbonyl (C=O) groups is 1. The Morgan fingerprint density at radius 3 is 2.70 bits per heavy atom. The van der Waals surface area contributed by atoms with Gasteiger partial charge in [-0.2, -0.15) is 4.37 Å². The summed E-state index contributed by atoms with van der Waals surface area (Å²) in [7, 11) is 0. The Bertz CT molecular complexity index is 688. The Balaban J connectivity index is 1.66. The van der Waals surface area contributed by atoms with Crippen molar-refractivity contribution in [1.29, 1.82) is 0 Å². The smallest absolute Gasteiger partial charge is 0.358 e. The highest BCUT2D eigenvalue weighted by Crippen LogP contribution is 2.30. The van der Waals surface area contributed by atoms with Crippen LogP contribution < -0.4 is 4.90 Å². The number of carbonyl (C=O) groups excluding carboxylic acids is 1. The molecule has 1 N–H and O–H groups in total. The summed E-state index contributed by atoms with van der Waals surface area (Å²) in [5.41, 5.74) is 1.18. The van der Waals surface area contributed by atoms with Gasteiger partial charge in [-0.05, 0) is 33.6 Å². The molecule has 1 saturated heterocycles. The first-order valence-electron chi connectivity index (χ1n) is 7.87. The number of nitrogens with zero attached hydrogens (tertiary/aromatic N) is 4. The number of hydrogen-bond acceptors (Lipinski definition) is 7. The van der Waals surface area contributed by atoms with E-state index in [1.54, 1.807) is 6.92 Å². The molecule has 1 aliphatic rings. The second-order valence-corrected chi connectivity index (χ2v) is 6.43. The third kappa shape index (κ3) is 3.36. The fourth-order valence-electron chi connectivity index (χ4n) is 2.83. The van der Waals surface area contributed by atoms with Crippen LogP contribution in [0.3, 0.4) is 0 Å². The third-order valence-electron chi connectivity index (χ3n) is 4.04. The molecule has 0 aromatic carbocycles. The summed E-state index contributed by atoms with van der Waals surface area (Å²) >= 11 is 1.45. The molecule has 23 heavy (non-hydrogen) atoms. The van der Waals surface area contributed by atoms with E-state index in [4.69, 9.17) is 4.74 Å². The van der Waals surface area contributed by atoms with Gasteiger partial charge in [0.05, 0.1) is 6.61 Å². The van der Waals surface area contributed by atoms with Crippen LogP contribution in [0.4, 0.5) is 5.13 Å². The number of rotatable bonds is 4. The Labute approximate surface area is 139 Å². The summed E-state index contributed by atoms with van der Waals surface area (Å²) in [5, 5.41) is 0.990. The first-order valence-corrected chi connectivity index (χ1v) is 8.64. The predicted octanol–water partition coefficient (Wildman–Crippen LogP) is 2.44. The number of esters is 1. The molecule has 7 nitrogen and oxygen atoms in total. The number of piperidine rings is 1. The molecule has 3 heterocycles. The quantitative estimate of drug-likeness (QED) is 0.864. The normalized spacial score (nSPS) is 15.9. The molecule has 0 radical (unpaired) electrons. The maximum Gasteiger partial charge on any atom is 0.358 e. The fourth-order valence-corrected chi connectivity index (χ4v) is 3.56. The molecule has 8 heteroatoms. The number of aromatic nitrogens is 4. The van der Waals surface area contributed by atoms with Crippen LogP contribution >= 0.6 is 11.5 Å². The van der Waals surface area contributed by atoms with Crippen molar-refractivity contribution in [2.75, 3.05) is 24.6 Å². The number of H-pyrrole nitrogens is 1. The molecule has 0 atom stereocenters. The molecule has 3 rings (SSSR count). The molecular weight excluding hydrogens is 314 g/mol. The lowest BCUT2D eigenvalue weighted by atomic mass is 9.96. The van der Waals surface area contributed by atoms with Crippen LogP contribution in [-0.2, 0) is 4.74 Å². The zero-order chi connectivity index (χ0) is 16.4. The Hall–Kier alpha value is -1.96. The first-order chi connectivity index (χ1) is 11.1. The second-order valence-electron chi connectivity index (χ2n) is 5.70. The van der Waals surface area contributed by atoms with Gasteiger partial charge in [-0.1, -0.05) is 0 Å². The summed E-state index contributed by atoms with van der Waals surface area (Å²) in [5.74, 6) is 1.70. The number of hydrogen-bond donors (Lipinski definition) is 1. The molecule has 124 valence electrons. The van der Waals surface area contributed by atoms with E-state index in [9.17, 15) is 4.79 Å². The summed E-state index contributed by atoms with van der Waals surface area (Å²) in [6, 6.07) is 0. The Morgan fingerprint density at radius 2 is 2.09 bits per heavy atom. The highest BCUT2D eigenvalue weighted by Gasteiger charge is 2.26. The lowest BCUT2D eigenvalue weighted by molar-refractivity contribution is 0.0519. The topological polar surface area (TPSA) is 84.0 Å². The summed E-state index contributed by atoms with van der Waals surface area (Å²) in [6.45, 7) is 7.78. The van der Waals surface area contributed by atoms with Gasteiger partial charge in [-0.3, -0.25) is 0 Å². The number of imidazole rings is 1. The van der Waals surface area contributed by atoms with Crippen molar-refractivity contribution in [3.05, 3.63) is 23.0 Å². The molecule has 1 fully saturated rings. The summed E-state index contributed by atoms with van der Waals surface area (Å²) in [6.07, 6.45) is 1.96. The van der Waals surface area contributed by atoms with Crippen LogP contribution in [0.5, 0.6) is 0 Å². The van der Waals surface area contributed by atoms with Crippen molar-refractivity contribution in [3.8, 4) is 0 Å². The molecule has 0 saturated carbocycles. The lowest BCUT2D eigenvalue weighted by Gasteiger charge is -2.30. The Kier molecular flexibility index (Phi) is 4.61. The fraction of sp³-hybridized carbons (Fsp3) is 0.600. The van der Waals surface area contributed by atoms with E-state index in [1.165, 1.54) is 11.5 Å². The maximum atomic E-state index is 11.9. The lowest BCUT2D eigenvalue weighted by Crippen LogP contribution is -2.33. The van der Waals surface area contributed by atoms with Crippen molar-refractivity contribution in [2.45, 2.75) is 39.5 Å². The Morgan fingerprint density at radius 1 is 1.35 bits per heavy atom. The molecule has 2 aromatic rings. The van der Waals surface area contributed by atoms with Crippen molar-refractivity contribution >= 4 is 22.6 Å². The van der Waals surface area contributed by atoms with E-state index in [-0.39, 0.29) is 5.97 Å². The van der Waals surface area contributed by atoms with E-state index in [1.807, 2.05) is 13.8 Å². The van der Waals surface area contributed by atoms with Gasteiger partial charge in [0.25, 0.3) is 0 Å². The highest BCUT2D eigenvalue weighted by molar-refractivity contribution is 7.09. The minimum absolute atomic E-state index is 0.335. The van der Waals surface area contributed by atoms with Crippen LogP contribution in [0, 0.1) is 13.8 Å². The molecule has 1 aliphatic heterocycles. The van der Waals surface area contributed by atoms with Crippen molar-refractivity contribution < 1.29 is 9.53 Å². The van der Waals surface area contributed by atoms with E-state index >= 15 is 0 Å². The van der Waals surface area contributed by atoms with E-state index in [0.717, 1.165) is 48.4 Å². The molecule has 0 aliphatic carbocycles. The van der Waals surface area contributed by atoms with Crippen molar-refractivity contribution in [3.63, 3.8) is 0 Å². The van der Waals surface area contributed by atoms with E-state index < -0.39 is 0 Å². The van der Waals surface area contributed by atoms with Gasteiger partial charge < -0.3 is 14.6 Å². The van der Waals surface area contributed by atoms with Gasteiger partial charge in [0.15, 0.2) is 5.69 Å². The van der Waals surface area contributed by atoms with Crippen molar-refractivity contribution in [2.24, 2.45) is 0 Å². The van der Waals surface area contributed by atoms with Gasteiger partial charge in [0.1, 0.15) is 11.6 Å². The predicted molar refractivity (Wildman–Crippen MR) is 88.1 cm³/mol. The zero-order valence-electron chi connectivity index (χ0n) is 13.6. The molecular formula is C15H21N5O2S. The maximum absolute atomic E-state index is 11.9. The zero-order valence-corrected chi connectivity index (χ0v) is 14.4.